The van der Waals surface area contributed by atoms with E-state index < -0.39 is 11.9 Å². The molecule has 2 rings (SSSR count). The first-order chi connectivity index (χ1) is 8.97. The van der Waals surface area contributed by atoms with E-state index in [9.17, 15) is 14.3 Å². The van der Waals surface area contributed by atoms with E-state index in [1.165, 1.54) is 18.3 Å². The average molecular weight is 280 g/mol. The van der Waals surface area contributed by atoms with Crippen molar-refractivity contribution in [1.82, 2.24) is 4.98 Å². The van der Waals surface area contributed by atoms with Crippen molar-refractivity contribution in [2.24, 2.45) is 0 Å². The Morgan fingerprint density at radius 2 is 2.26 bits per heavy atom. The number of benzene rings is 1. The molecule has 0 aliphatic carbocycles. The molecule has 1 heterocycles. The van der Waals surface area contributed by atoms with Crippen LogP contribution < -0.4 is 5.32 Å². The van der Waals surface area contributed by atoms with Gasteiger partial charge >= 0.3 is 0 Å². The molecule has 1 atom stereocenters. The highest BCUT2D eigenvalue weighted by atomic mass is 32.1. The van der Waals surface area contributed by atoms with Gasteiger partial charge in [0.1, 0.15) is 21.8 Å². The lowest BCUT2D eigenvalue weighted by molar-refractivity contribution is 0.103. The highest BCUT2D eigenvalue weighted by Crippen LogP contribution is 2.22. The molecule has 100 valence electrons. The SMILES string of the molecule is Cc1ccc(F)cc1NC(=O)c1cnc([C@H](C)O)s1. The molecule has 0 bridgehead atoms. The molecule has 0 aliphatic rings. The zero-order valence-electron chi connectivity index (χ0n) is 10.5. The molecule has 1 amide bonds. The molecule has 4 nitrogen and oxygen atoms in total. The quantitative estimate of drug-likeness (QED) is 0.908. The lowest BCUT2D eigenvalue weighted by Gasteiger charge is -2.06. The summed E-state index contributed by atoms with van der Waals surface area (Å²) in [6.07, 6.45) is 0.693. The Labute approximate surface area is 113 Å². The number of carbonyl (C=O) groups is 1. The summed E-state index contributed by atoms with van der Waals surface area (Å²) in [4.78, 5) is 16.3. The molecule has 19 heavy (non-hydrogen) atoms. The van der Waals surface area contributed by atoms with Gasteiger partial charge in [0, 0.05) is 5.69 Å². The molecule has 2 N–H and O–H groups in total. The van der Waals surface area contributed by atoms with Crippen molar-refractivity contribution in [3.63, 3.8) is 0 Å². The lowest BCUT2D eigenvalue weighted by Crippen LogP contribution is -2.11. The van der Waals surface area contributed by atoms with E-state index in [1.807, 2.05) is 0 Å². The van der Waals surface area contributed by atoms with Crippen LogP contribution in [0.5, 0.6) is 0 Å². The molecule has 2 aromatic rings. The zero-order valence-corrected chi connectivity index (χ0v) is 11.3. The molecule has 0 fully saturated rings. The Hall–Kier alpha value is -1.79. The smallest absolute Gasteiger partial charge is 0.267 e. The highest BCUT2D eigenvalue weighted by molar-refractivity contribution is 7.13. The van der Waals surface area contributed by atoms with Crippen LogP contribution in [0.15, 0.2) is 24.4 Å². The third kappa shape index (κ3) is 3.15. The molecule has 1 aromatic carbocycles. The number of aromatic nitrogens is 1. The predicted molar refractivity (Wildman–Crippen MR) is 71.8 cm³/mol. The fourth-order valence-electron chi connectivity index (χ4n) is 1.50. The van der Waals surface area contributed by atoms with Crippen molar-refractivity contribution in [2.75, 3.05) is 5.32 Å². The third-order valence-corrected chi connectivity index (χ3v) is 3.72. The van der Waals surface area contributed by atoms with Crippen molar-refractivity contribution in [3.05, 3.63) is 45.7 Å². The number of aliphatic hydroxyl groups is 1. The minimum Gasteiger partial charge on any atom is -0.386 e. The van der Waals surface area contributed by atoms with Crippen LogP contribution in [0.3, 0.4) is 0 Å². The number of rotatable bonds is 3. The first-order valence-electron chi connectivity index (χ1n) is 5.68. The topological polar surface area (TPSA) is 62.2 Å². The van der Waals surface area contributed by atoms with E-state index in [-0.39, 0.29) is 5.91 Å². The van der Waals surface area contributed by atoms with Gasteiger partial charge in [-0.15, -0.1) is 11.3 Å². The van der Waals surface area contributed by atoms with E-state index in [2.05, 4.69) is 10.3 Å². The van der Waals surface area contributed by atoms with E-state index in [4.69, 9.17) is 0 Å². The van der Waals surface area contributed by atoms with Gasteiger partial charge in [-0.1, -0.05) is 6.07 Å². The van der Waals surface area contributed by atoms with Gasteiger partial charge in [-0.05, 0) is 31.5 Å². The predicted octanol–water partition coefficient (Wildman–Crippen LogP) is 2.90. The Morgan fingerprint density at radius 3 is 2.89 bits per heavy atom. The molecule has 1 aromatic heterocycles. The second-order valence-electron chi connectivity index (χ2n) is 4.15. The Bertz CT molecular complexity index is 610. The van der Waals surface area contributed by atoms with E-state index in [0.717, 1.165) is 16.9 Å². The number of nitrogens with one attached hydrogen (secondary N) is 1. The van der Waals surface area contributed by atoms with Crippen molar-refractivity contribution in [2.45, 2.75) is 20.0 Å². The number of aliphatic hydroxyl groups excluding tert-OH is 1. The summed E-state index contributed by atoms with van der Waals surface area (Å²) in [6.45, 7) is 3.36. The van der Waals surface area contributed by atoms with Crippen LogP contribution in [-0.2, 0) is 0 Å². The Kier molecular flexibility index (Phi) is 3.92. The van der Waals surface area contributed by atoms with Gasteiger partial charge < -0.3 is 10.4 Å². The van der Waals surface area contributed by atoms with Gasteiger partial charge in [-0.25, -0.2) is 9.37 Å². The van der Waals surface area contributed by atoms with Crippen LogP contribution in [0, 0.1) is 12.7 Å². The van der Waals surface area contributed by atoms with Gasteiger partial charge in [0.15, 0.2) is 0 Å². The largest absolute Gasteiger partial charge is 0.386 e. The molecule has 0 saturated heterocycles. The number of hydrogen-bond donors (Lipinski definition) is 2. The maximum absolute atomic E-state index is 13.1. The lowest BCUT2D eigenvalue weighted by atomic mass is 10.2. The minimum absolute atomic E-state index is 0.363. The number of halogens is 1. The number of nitrogens with zero attached hydrogens (tertiary/aromatic N) is 1. The van der Waals surface area contributed by atoms with Crippen LogP contribution in [0.1, 0.15) is 33.3 Å². The van der Waals surface area contributed by atoms with Crippen molar-refractivity contribution < 1.29 is 14.3 Å². The second-order valence-corrected chi connectivity index (χ2v) is 5.21. The van der Waals surface area contributed by atoms with E-state index in [1.54, 1.807) is 19.9 Å². The van der Waals surface area contributed by atoms with Crippen LogP contribution in [0.25, 0.3) is 0 Å². The van der Waals surface area contributed by atoms with Crippen molar-refractivity contribution >= 4 is 22.9 Å². The summed E-state index contributed by atoms with van der Waals surface area (Å²) in [7, 11) is 0. The number of aryl methyl sites for hydroxylation is 1. The Balaban J connectivity index is 2.18. The van der Waals surface area contributed by atoms with Gasteiger partial charge in [-0.2, -0.15) is 0 Å². The summed E-state index contributed by atoms with van der Waals surface area (Å²) in [5.41, 5.74) is 1.20. The van der Waals surface area contributed by atoms with Gasteiger partial charge in [0.05, 0.1) is 6.20 Å². The van der Waals surface area contributed by atoms with Crippen LogP contribution in [0.4, 0.5) is 10.1 Å². The number of amides is 1. The summed E-state index contributed by atoms with van der Waals surface area (Å²) >= 11 is 1.11. The number of hydrogen-bond acceptors (Lipinski definition) is 4. The standard InChI is InChI=1S/C13H13FN2O2S/c1-7-3-4-9(14)5-10(7)16-12(18)11-6-15-13(19-11)8(2)17/h3-6,8,17H,1-2H3,(H,16,18)/t8-/m0/s1. The third-order valence-electron chi connectivity index (χ3n) is 2.55. The second kappa shape index (κ2) is 5.46. The van der Waals surface area contributed by atoms with Crippen molar-refractivity contribution in [3.8, 4) is 0 Å². The van der Waals surface area contributed by atoms with Gasteiger partial charge in [0.2, 0.25) is 0 Å². The fourth-order valence-corrected chi connectivity index (χ4v) is 2.25. The molecule has 0 radical (unpaired) electrons. The number of anilines is 1. The summed E-state index contributed by atoms with van der Waals surface area (Å²) in [6, 6.07) is 4.20. The molecular weight excluding hydrogens is 267 g/mol. The molecule has 0 aliphatic heterocycles. The van der Waals surface area contributed by atoms with E-state index >= 15 is 0 Å². The number of thiazole rings is 1. The molecule has 0 spiro atoms. The average Bonchev–Trinajstić information content (AvgIpc) is 2.83. The maximum Gasteiger partial charge on any atom is 0.267 e. The van der Waals surface area contributed by atoms with E-state index in [0.29, 0.717) is 15.6 Å². The first kappa shape index (κ1) is 13.6. The minimum atomic E-state index is -0.706. The molecule has 0 saturated carbocycles. The van der Waals surface area contributed by atoms with Crippen LogP contribution in [0.2, 0.25) is 0 Å². The van der Waals surface area contributed by atoms with Crippen LogP contribution >= 0.6 is 11.3 Å². The molecule has 6 heteroatoms. The number of carbonyl (C=O) groups excluding carboxylic acids is 1. The van der Waals surface area contributed by atoms with Crippen molar-refractivity contribution in [1.29, 1.82) is 0 Å². The normalized spacial score (nSPS) is 12.2. The maximum atomic E-state index is 13.1. The summed E-state index contributed by atoms with van der Waals surface area (Å²) in [5, 5.41) is 12.5. The highest BCUT2D eigenvalue weighted by Gasteiger charge is 2.14. The summed E-state index contributed by atoms with van der Waals surface area (Å²) in [5.74, 6) is -0.770. The molecule has 0 unspecified atom stereocenters. The first-order valence-corrected chi connectivity index (χ1v) is 6.50. The molecular formula is C13H13FN2O2S. The summed E-state index contributed by atoms with van der Waals surface area (Å²) < 4.78 is 13.1. The van der Waals surface area contributed by atoms with Crippen LogP contribution in [-0.4, -0.2) is 16.0 Å². The fraction of sp³-hybridized carbons (Fsp3) is 0.231. The van der Waals surface area contributed by atoms with Gasteiger partial charge in [0.25, 0.3) is 5.91 Å². The monoisotopic (exact) mass is 280 g/mol. The Morgan fingerprint density at radius 1 is 1.53 bits per heavy atom. The zero-order chi connectivity index (χ0) is 14.0. The van der Waals surface area contributed by atoms with Gasteiger partial charge in [-0.3, -0.25) is 4.79 Å².